The predicted octanol–water partition coefficient (Wildman–Crippen LogP) is 6.49. The van der Waals surface area contributed by atoms with Gasteiger partial charge in [-0.15, -0.1) is 10.2 Å². The second kappa shape index (κ2) is 10.5. The van der Waals surface area contributed by atoms with Gasteiger partial charge in [-0.2, -0.15) is 0 Å². The van der Waals surface area contributed by atoms with Crippen LogP contribution >= 0.6 is 11.8 Å². The Morgan fingerprint density at radius 3 is 1.86 bits per heavy atom. The Hall–Kier alpha value is -4.36. The number of benzene rings is 4. The number of aromatic nitrogens is 3. The van der Waals surface area contributed by atoms with Crippen LogP contribution in [0.5, 0.6) is 5.75 Å². The van der Waals surface area contributed by atoms with E-state index >= 15 is 0 Å². The maximum atomic E-state index is 13.8. The highest BCUT2D eigenvalue weighted by atomic mass is 32.2. The first kappa shape index (κ1) is 23.4. The third-order valence-electron chi connectivity index (χ3n) is 5.65. The molecule has 0 aliphatic rings. The maximum Gasteiger partial charge on any atom is 0.244 e. The lowest BCUT2D eigenvalue weighted by atomic mass is 10.2. The Labute approximate surface area is 213 Å². The van der Waals surface area contributed by atoms with Crippen molar-refractivity contribution in [3.63, 3.8) is 0 Å². The van der Waals surface area contributed by atoms with Crippen LogP contribution in [0.3, 0.4) is 0 Å². The molecule has 4 aromatic carbocycles. The predicted molar refractivity (Wildman–Crippen MR) is 144 cm³/mol. The number of phenols is 1. The van der Waals surface area contributed by atoms with Gasteiger partial charge in [-0.1, -0.05) is 66.4 Å². The van der Waals surface area contributed by atoms with Crippen LogP contribution in [-0.2, 0) is 4.79 Å². The van der Waals surface area contributed by atoms with Crippen molar-refractivity contribution in [3.8, 4) is 22.8 Å². The third kappa shape index (κ3) is 4.87. The fraction of sp³-hybridized carbons (Fsp3) is 0.0690. The van der Waals surface area contributed by atoms with Crippen molar-refractivity contribution in [3.05, 3.63) is 115 Å². The summed E-state index contributed by atoms with van der Waals surface area (Å²) in [5.74, 6) is 0.748. The fourth-order valence-corrected chi connectivity index (χ4v) is 4.81. The van der Waals surface area contributed by atoms with Crippen molar-refractivity contribution in [2.24, 2.45) is 0 Å². The highest BCUT2D eigenvalue weighted by molar-refractivity contribution is 8.00. The Morgan fingerprint density at radius 1 is 0.778 bits per heavy atom. The third-order valence-corrected chi connectivity index (χ3v) is 6.68. The second-order valence-electron chi connectivity index (χ2n) is 8.13. The molecule has 36 heavy (non-hydrogen) atoms. The lowest BCUT2D eigenvalue weighted by Crippen LogP contribution is -2.33. The molecule has 0 spiro atoms. The van der Waals surface area contributed by atoms with Gasteiger partial charge in [-0.3, -0.25) is 14.3 Å². The van der Waals surface area contributed by atoms with Crippen molar-refractivity contribution in [1.82, 2.24) is 14.8 Å². The lowest BCUT2D eigenvalue weighted by Gasteiger charge is -2.26. The second-order valence-corrected chi connectivity index (χ2v) is 9.44. The molecular weight excluding hydrogens is 468 g/mol. The first-order chi connectivity index (χ1) is 17.6. The normalized spacial score (nSPS) is 11.7. The molecule has 0 unspecified atom stereocenters. The molecule has 1 N–H and O–H groups in total. The van der Waals surface area contributed by atoms with Crippen LogP contribution in [0.1, 0.15) is 6.92 Å². The van der Waals surface area contributed by atoms with E-state index in [1.807, 2.05) is 102 Å². The van der Waals surface area contributed by atoms with Crippen LogP contribution in [0.25, 0.3) is 17.1 Å². The number of phenolic OH excluding ortho intramolecular Hbond substituents is 1. The SMILES string of the molecule is C[C@@H](Sc1nnc(-c2ccc(O)cc2)n1-c1ccccc1)C(=O)N(c1ccccc1)c1ccccc1. The fourth-order valence-electron chi connectivity index (χ4n) is 3.90. The quantitative estimate of drug-likeness (QED) is 0.263. The molecule has 1 amide bonds. The number of thioether (sulfide) groups is 1. The molecule has 5 rings (SSSR count). The number of hydrogen-bond donors (Lipinski definition) is 1. The summed E-state index contributed by atoms with van der Waals surface area (Å²) in [6, 6.07) is 35.9. The standard InChI is InChI=1S/C29H24N4O2S/c1-21(28(35)32(23-11-5-2-6-12-23)24-13-7-3-8-14-24)36-29-31-30-27(22-17-19-26(34)20-18-22)33(29)25-15-9-4-10-16-25/h2-21,34H,1H3/t21-/m1/s1. The van der Waals surface area contributed by atoms with Gasteiger partial charge in [-0.05, 0) is 67.6 Å². The molecule has 7 heteroatoms. The highest BCUT2D eigenvalue weighted by Gasteiger charge is 2.27. The number of para-hydroxylation sites is 3. The Kier molecular flexibility index (Phi) is 6.82. The van der Waals surface area contributed by atoms with Gasteiger partial charge in [0, 0.05) is 22.6 Å². The number of anilines is 2. The number of rotatable bonds is 7. The minimum Gasteiger partial charge on any atom is -0.508 e. The van der Waals surface area contributed by atoms with Gasteiger partial charge in [0.05, 0.1) is 5.25 Å². The molecule has 0 aliphatic heterocycles. The molecular formula is C29H24N4O2S. The average molecular weight is 493 g/mol. The summed E-state index contributed by atoms with van der Waals surface area (Å²) in [4.78, 5) is 15.6. The van der Waals surface area contributed by atoms with E-state index in [1.165, 1.54) is 11.8 Å². The van der Waals surface area contributed by atoms with Crippen molar-refractivity contribution < 1.29 is 9.90 Å². The molecule has 0 fully saturated rings. The molecule has 0 saturated heterocycles. The van der Waals surface area contributed by atoms with Crippen LogP contribution in [0.2, 0.25) is 0 Å². The monoisotopic (exact) mass is 492 g/mol. The van der Waals surface area contributed by atoms with Gasteiger partial charge in [0.2, 0.25) is 5.91 Å². The van der Waals surface area contributed by atoms with Crippen LogP contribution < -0.4 is 4.90 Å². The van der Waals surface area contributed by atoms with Gasteiger partial charge < -0.3 is 5.11 Å². The molecule has 6 nitrogen and oxygen atoms in total. The Bertz CT molecular complexity index is 1400. The summed E-state index contributed by atoms with van der Waals surface area (Å²) in [6.45, 7) is 1.89. The molecule has 0 radical (unpaired) electrons. The number of carbonyl (C=O) groups excluding carboxylic acids is 1. The van der Waals surface area contributed by atoms with E-state index in [1.54, 1.807) is 29.2 Å². The number of nitrogens with zero attached hydrogens (tertiary/aromatic N) is 4. The minimum absolute atomic E-state index is 0.0637. The summed E-state index contributed by atoms with van der Waals surface area (Å²) in [5, 5.41) is 18.8. The Balaban J connectivity index is 1.51. The van der Waals surface area contributed by atoms with E-state index in [0.29, 0.717) is 11.0 Å². The van der Waals surface area contributed by atoms with E-state index in [4.69, 9.17) is 0 Å². The number of amides is 1. The molecule has 0 bridgehead atoms. The number of carbonyl (C=O) groups is 1. The van der Waals surface area contributed by atoms with E-state index in [9.17, 15) is 9.90 Å². The van der Waals surface area contributed by atoms with Gasteiger partial charge in [-0.25, -0.2) is 0 Å². The number of aromatic hydroxyl groups is 1. The lowest BCUT2D eigenvalue weighted by molar-refractivity contribution is -0.117. The molecule has 1 atom stereocenters. The average Bonchev–Trinajstić information content (AvgIpc) is 3.34. The number of hydrogen-bond acceptors (Lipinski definition) is 5. The Morgan fingerprint density at radius 2 is 1.31 bits per heavy atom. The van der Waals surface area contributed by atoms with E-state index in [-0.39, 0.29) is 11.7 Å². The summed E-state index contributed by atoms with van der Waals surface area (Å²) < 4.78 is 1.94. The molecule has 5 aromatic rings. The first-order valence-corrected chi connectivity index (χ1v) is 12.4. The van der Waals surface area contributed by atoms with Crippen LogP contribution in [0, 0.1) is 0 Å². The van der Waals surface area contributed by atoms with E-state index in [0.717, 1.165) is 22.6 Å². The molecule has 1 aromatic heterocycles. The summed E-state index contributed by atoms with van der Waals surface area (Å²) in [6.07, 6.45) is 0. The topological polar surface area (TPSA) is 71.2 Å². The van der Waals surface area contributed by atoms with Gasteiger partial charge >= 0.3 is 0 Å². The van der Waals surface area contributed by atoms with Crippen LogP contribution in [-0.4, -0.2) is 31.0 Å². The summed E-state index contributed by atoms with van der Waals surface area (Å²) >= 11 is 1.36. The smallest absolute Gasteiger partial charge is 0.244 e. The minimum atomic E-state index is -0.454. The van der Waals surface area contributed by atoms with Crippen molar-refractivity contribution in [1.29, 1.82) is 0 Å². The molecule has 0 aliphatic carbocycles. The molecule has 0 saturated carbocycles. The van der Waals surface area contributed by atoms with Gasteiger partial charge in [0.15, 0.2) is 11.0 Å². The van der Waals surface area contributed by atoms with Crippen LogP contribution in [0.15, 0.2) is 120 Å². The van der Waals surface area contributed by atoms with Crippen molar-refractivity contribution >= 4 is 29.0 Å². The zero-order valence-corrected chi connectivity index (χ0v) is 20.4. The van der Waals surface area contributed by atoms with Gasteiger partial charge in [0.1, 0.15) is 5.75 Å². The van der Waals surface area contributed by atoms with E-state index < -0.39 is 5.25 Å². The largest absolute Gasteiger partial charge is 0.508 e. The van der Waals surface area contributed by atoms with Crippen LogP contribution in [0.4, 0.5) is 11.4 Å². The highest BCUT2D eigenvalue weighted by Crippen LogP contribution is 2.34. The first-order valence-electron chi connectivity index (χ1n) is 11.5. The molecule has 178 valence electrons. The van der Waals surface area contributed by atoms with Gasteiger partial charge in [0.25, 0.3) is 0 Å². The molecule has 1 heterocycles. The zero-order chi connectivity index (χ0) is 24.9. The maximum absolute atomic E-state index is 13.8. The summed E-state index contributed by atoms with van der Waals surface area (Å²) in [5.41, 5.74) is 3.30. The summed E-state index contributed by atoms with van der Waals surface area (Å²) in [7, 11) is 0. The zero-order valence-electron chi connectivity index (χ0n) is 19.6. The van der Waals surface area contributed by atoms with E-state index in [2.05, 4.69) is 10.2 Å². The van der Waals surface area contributed by atoms with Crippen molar-refractivity contribution in [2.75, 3.05) is 4.90 Å². The van der Waals surface area contributed by atoms with Crippen molar-refractivity contribution in [2.45, 2.75) is 17.3 Å².